The Labute approximate surface area is 151 Å². The Morgan fingerprint density at radius 2 is 1.73 bits per heavy atom. The number of nitrogens with zero attached hydrogens (tertiary/aromatic N) is 2. The van der Waals surface area contributed by atoms with Crippen LogP contribution >= 0.6 is 0 Å². The van der Waals surface area contributed by atoms with Crippen LogP contribution in [0.5, 0.6) is 0 Å². The van der Waals surface area contributed by atoms with E-state index in [2.05, 4.69) is 10.9 Å². The standard InChI is InChI=1S/C19H22N4O3/c24-18(15-6-11-26-13-15)22-7-9-23(10-8-22)19(25)16-12-20-21-17(16)14-4-2-1-3-5-14/h1-6,11,13,16-17,20-21H,7-10,12H2. The molecule has 2 fully saturated rings. The van der Waals surface area contributed by atoms with E-state index in [1.165, 1.54) is 12.5 Å². The molecule has 7 nitrogen and oxygen atoms in total. The van der Waals surface area contributed by atoms with Gasteiger partial charge in [-0.25, -0.2) is 5.43 Å². The minimum absolute atomic E-state index is 0.0331. The summed E-state index contributed by atoms with van der Waals surface area (Å²) < 4.78 is 4.98. The van der Waals surface area contributed by atoms with Crippen molar-refractivity contribution >= 4 is 11.8 Å². The molecule has 2 N–H and O–H groups in total. The summed E-state index contributed by atoms with van der Waals surface area (Å²) >= 11 is 0. The smallest absolute Gasteiger partial charge is 0.257 e. The van der Waals surface area contributed by atoms with E-state index in [0.29, 0.717) is 38.3 Å². The fourth-order valence-electron chi connectivity index (χ4n) is 3.64. The number of hydrazine groups is 1. The van der Waals surface area contributed by atoms with Gasteiger partial charge in [-0.3, -0.25) is 15.0 Å². The topological polar surface area (TPSA) is 77.8 Å². The molecule has 3 heterocycles. The highest BCUT2D eigenvalue weighted by Crippen LogP contribution is 2.26. The maximum atomic E-state index is 13.0. The maximum absolute atomic E-state index is 13.0. The molecule has 1 aromatic carbocycles. The van der Waals surface area contributed by atoms with Crippen molar-refractivity contribution in [3.05, 3.63) is 60.1 Å². The van der Waals surface area contributed by atoms with Crippen LogP contribution in [0.15, 0.2) is 53.3 Å². The number of nitrogens with one attached hydrogen (secondary N) is 2. The van der Waals surface area contributed by atoms with Crippen molar-refractivity contribution in [1.82, 2.24) is 20.7 Å². The number of carbonyl (C=O) groups is 2. The molecule has 26 heavy (non-hydrogen) atoms. The van der Waals surface area contributed by atoms with E-state index in [1.54, 1.807) is 11.0 Å². The van der Waals surface area contributed by atoms with Gasteiger partial charge in [-0.1, -0.05) is 30.3 Å². The summed E-state index contributed by atoms with van der Waals surface area (Å²) in [6.45, 7) is 2.80. The molecule has 2 saturated heterocycles. The van der Waals surface area contributed by atoms with E-state index in [1.807, 2.05) is 35.2 Å². The second-order valence-corrected chi connectivity index (χ2v) is 6.65. The Morgan fingerprint density at radius 1 is 1.00 bits per heavy atom. The third-order valence-corrected chi connectivity index (χ3v) is 5.10. The predicted octanol–water partition coefficient (Wildman–Crippen LogP) is 1.03. The average molecular weight is 354 g/mol. The molecule has 2 aliphatic rings. The molecule has 1 aromatic heterocycles. The molecule has 7 heteroatoms. The summed E-state index contributed by atoms with van der Waals surface area (Å²) in [6.07, 6.45) is 2.96. The van der Waals surface area contributed by atoms with E-state index < -0.39 is 0 Å². The van der Waals surface area contributed by atoms with Crippen molar-refractivity contribution in [2.45, 2.75) is 6.04 Å². The van der Waals surface area contributed by atoms with Crippen LogP contribution in [0.1, 0.15) is 22.0 Å². The van der Waals surface area contributed by atoms with E-state index in [-0.39, 0.29) is 23.8 Å². The molecular weight excluding hydrogens is 332 g/mol. The van der Waals surface area contributed by atoms with Crippen molar-refractivity contribution < 1.29 is 14.0 Å². The van der Waals surface area contributed by atoms with E-state index in [0.717, 1.165) is 5.56 Å². The third kappa shape index (κ3) is 3.23. The molecule has 2 unspecified atom stereocenters. The fraction of sp³-hybridized carbons (Fsp3) is 0.368. The number of amides is 2. The number of benzene rings is 1. The average Bonchev–Trinajstić information content (AvgIpc) is 3.39. The molecule has 0 saturated carbocycles. The number of hydrogen-bond acceptors (Lipinski definition) is 5. The molecular formula is C19H22N4O3. The minimum atomic E-state index is -0.145. The van der Waals surface area contributed by atoms with Gasteiger partial charge in [0.2, 0.25) is 5.91 Å². The second kappa shape index (κ2) is 7.31. The monoisotopic (exact) mass is 354 g/mol. The minimum Gasteiger partial charge on any atom is -0.472 e. The molecule has 136 valence electrons. The van der Waals surface area contributed by atoms with Crippen LogP contribution in [-0.4, -0.2) is 54.3 Å². The molecule has 0 spiro atoms. The lowest BCUT2D eigenvalue weighted by molar-refractivity contribution is -0.137. The van der Waals surface area contributed by atoms with Gasteiger partial charge in [0.05, 0.1) is 23.8 Å². The second-order valence-electron chi connectivity index (χ2n) is 6.65. The van der Waals surface area contributed by atoms with Crippen LogP contribution in [0, 0.1) is 5.92 Å². The summed E-state index contributed by atoms with van der Waals surface area (Å²) in [7, 11) is 0. The lowest BCUT2D eigenvalue weighted by atomic mass is 9.93. The Kier molecular flexibility index (Phi) is 4.73. The molecule has 2 atom stereocenters. The number of furan rings is 1. The van der Waals surface area contributed by atoms with Crippen molar-refractivity contribution in [1.29, 1.82) is 0 Å². The van der Waals surface area contributed by atoms with Crippen molar-refractivity contribution in [2.75, 3.05) is 32.7 Å². The van der Waals surface area contributed by atoms with Crippen molar-refractivity contribution in [3.63, 3.8) is 0 Å². The molecule has 4 rings (SSSR count). The van der Waals surface area contributed by atoms with Gasteiger partial charge in [0.1, 0.15) is 6.26 Å². The van der Waals surface area contributed by atoms with Crippen LogP contribution in [0.3, 0.4) is 0 Å². The summed E-state index contributed by atoms with van der Waals surface area (Å²) in [6, 6.07) is 11.6. The first-order valence-corrected chi connectivity index (χ1v) is 8.87. The van der Waals surface area contributed by atoms with E-state index in [9.17, 15) is 9.59 Å². The van der Waals surface area contributed by atoms with Gasteiger partial charge >= 0.3 is 0 Å². The van der Waals surface area contributed by atoms with Gasteiger partial charge in [0, 0.05) is 32.7 Å². The first-order chi connectivity index (χ1) is 12.7. The normalized spacial score (nSPS) is 23.2. The Morgan fingerprint density at radius 3 is 2.42 bits per heavy atom. The number of carbonyl (C=O) groups excluding carboxylic acids is 2. The SMILES string of the molecule is O=C(c1ccoc1)N1CCN(C(=O)C2CNNC2c2ccccc2)CC1. The van der Waals surface area contributed by atoms with Crippen molar-refractivity contribution in [2.24, 2.45) is 5.92 Å². The first-order valence-electron chi connectivity index (χ1n) is 8.87. The predicted molar refractivity (Wildman–Crippen MR) is 95.0 cm³/mol. The molecule has 2 aliphatic heterocycles. The van der Waals surface area contributed by atoms with Crippen molar-refractivity contribution in [3.8, 4) is 0 Å². The van der Waals surface area contributed by atoms with Gasteiger partial charge in [-0.05, 0) is 11.6 Å². The molecule has 0 aliphatic carbocycles. The van der Waals surface area contributed by atoms with Crippen LogP contribution in [0.4, 0.5) is 0 Å². The molecule has 0 radical (unpaired) electrons. The number of piperazine rings is 1. The molecule has 0 bridgehead atoms. The van der Waals surface area contributed by atoms with Crippen LogP contribution in [0.25, 0.3) is 0 Å². The first kappa shape index (κ1) is 16.8. The highest BCUT2D eigenvalue weighted by atomic mass is 16.3. The van der Waals surface area contributed by atoms with Gasteiger partial charge in [-0.15, -0.1) is 0 Å². The summed E-state index contributed by atoms with van der Waals surface area (Å²) in [5, 5.41) is 0. The summed E-state index contributed by atoms with van der Waals surface area (Å²) in [4.78, 5) is 29.0. The zero-order valence-corrected chi connectivity index (χ0v) is 14.4. The molecule has 2 amide bonds. The highest BCUT2D eigenvalue weighted by molar-refractivity contribution is 5.94. The highest BCUT2D eigenvalue weighted by Gasteiger charge is 2.37. The summed E-state index contributed by atoms with van der Waals surface area (Å²) in [5.74, 6) is -0.0579. The largest absolute Gasteiger partial charge is 0.472 e. The molecule has 2 aromatic rings. The third-order valence-electron chi connectivity index (χ3n) is 5.10. The van der Waals surface area contributed by atoms with Crippen LogP contribution < -0.4 is 10.9 Å². The van der Waals surface area contributed by atoms with E-state index in [4.69, 9.17) is 4.42 Å². The quantitative estimate of drug-likeness (QED) is 0.861. The van der Waals surface area contributed by atoms with Gasteiger partial charge in [0.15, 0.2) is 0 Å². The zero-order valence-electron chi connectivity index (χ0n) is 14.4. The number of hydrogen-bond donors (Lipinski definition) is 2. The maximum Gasteiger partial charge on any atom is 0.257 e. The number of rotatable bonds is 3. The summed E-state index contributed by atoms with van der Waals surface area (Å²) in [5.41, 5.74) is 7.99. The lowest BCUT2D eigenvalue weighted by Gasteiger charge is -2.36. The van der Waals surface area contributed by atoms with E-state index >= 15 is 0 Å². The zero-order chi connectivity index (χ0) is 17.9. The Balaban J connectivity index is 1.38. The van der Waals surface area contributed by atoms with Gasteiger partial charge in [0.25, 0.3) is 5.91 Å². The van der Waals surface area contributed by atoms with Crippen LogP contribution in [-0.2, 0) is 4.79 Å². The van der Waals surface area contributed by atoms with Gasteiger partial charge < -0.3 is 14.2 Å². The lowest BCUT2D eigenvalue weighted by Crippen LogP contribution is -2.52. The Hall–Kier alpha value is -2.64. The van der Waals surface area contributed by atoms with Gasteiger partial charge in [-0.2, -0.15) is 0 Å². The fourth-order valence-corrected chi connectivity index (χ4v) is 3.64. The van der Waals surface area contributed by atoms with Crippen LogP contribution in [0.2, 0.25) is 0 Å². The Bertz CT molecular complexity index is 754.